The van der Waals surface area contributed by atoms with Gasteiger partial charge in [0.25, 0.3) is 0 Å². The number of halogens is 1. The van der Waals surface area contributed by atoms with Gasteiger partial charge in [0, 0.05) is 54.9 Å². The van der Waals surface area contributed by atoms with Crippen LogP contribution in [0.15, 0.2) is 54.9 Å². The lowest BCUT2D eigenvalue weighted by Crippen LogP contribution is -2.44. The molecule has 1 aliphatic heterocycles. The molecule has 0 saturated carbocycles. The first kappa shape index (κ1) is 19.4. The molecule has 0 amide bonds. The Kier molecular flexibility index (Phi) is 4.99. The average molecular weight is 417 g/mol. The fraction of sp³-hybridized carbons (Fsp3) is 0.261. The summed E-state index contributed by atoms with van der Waals surface area (Å²) >= 11 is 0. The molecule has 5 rings (SSSR count). The van der Waals surface area contributed by atoms with Crippen LogP contribution in [-0.4, -0.2) is 57.7 Å². The van der Waals surface area contributed by atoms with Crippen molar-refractivity contribution in [1.82, 2.24) is 24.5 Å². The van der Waals surface area contributed by atoms with E-state index in [-0.39, 0.29) is 0 Å². The van der Waals surface area contributed by atoms with Crippen LogP contribution in [0.3, 0.4) is 0 Å². The number of fused-ring (bicyclic) bond motifs is 1. The first-order valence-electron chi connectivity index (χ1n) is 10.3. The Morgan fingerprint density at radius 2 is 1.71 bits per heavy atom. The normalized spacial score (nSPS) is 14.9. The topological polar surface area (TPSA) is 61.6 Å². The molecule has 4 aromatic rings. The number of anilines is 3. The number of hydrogen-bond acceptors (Lipinski definition) is 6. The highest BCUT2D eigenvalue weighted by Crippen LogP contribution is 2.24. The maximum Gasteiger partial charge on any atom is 0.245 e. The number of aryl methyl sites for hydroxylation is 1. The first-order valence-corrected chi connectivity index (χ1v) is 10.3. The summed E-state index contributed by atoms with van der Waals surface area (Å²) in [6.45, 7) is 5.94. The Hall–Kier alpha value is -3.52. The van der Waals surface area contributed by atoms with Gasteiger partial charge in [-0.1, -0.05) is 0 Å². The van der Waals surface area contributed by atoms with Gasteiger partial charge in [0.15, 0.2) is 0 Å². The van der Waals surface area contributed by atoms with E-state index in [2.05, 4.69) is 49.4 Å². The van der Waals surface area contributed by atoms with Crippen LogP contribution in [0, 0.1) is 12.9 Å². The fourth-order valence-electron chi connectivity index (χ4n) is 3.83. The quantitative estimate of drug-likeness (QED) is 0.511. The van der Waals surface area contributed by atoms with E-state index in [9.17, 15) is 4.39 Å². The second-order valence-electron chi connectivity index (χ2n) is 7.93. The summed E-state index contributed by atoms with van der Waals surface area (Å²) < 4.78 is 15.4. The third-order valence-electron chi connectivity index (χ3n) is 5.70. The molecule has 1 aliphatic rings. The van der Waals surface area contributed by atoms with Gasteiger partial charge in [-0.2, -0.15) is 4.39 Å². The minimum absolute atomic E-state index is 0.457. The second kappa shape index (κ2) is 7.96. The Morgan fingerprint density at radius 1 is 0.935 bits per heavy atom. The number of nitrogens with one attached hydrogen (secondary N) is 1. The van der Waals surface area contributed by atoms with Crippen molar-refractivity contribution >= 4 is 22.8 Å². The standard InChI is InChI=1S/C23H24FN7/c1-16-13-17(14-25-22(16)24)21-8-7-20-15-26-23(28-31(20)21)27-18-3-5-19(6-4-18)30-11-9-29(2)10-12-30/h3-8,13-15H,9-12H2,1-2H3,(H,27,28). The summed E-state index contributed by atoms with van der Waals surface area (Å²) in [5, 5.41) is 7.91. The molecule has 1 N–H and O–H groups in total. The van der Waals surface area contributed by atoms with Crippen molar-refractivity contribution in [1.29, 1.82) is 0 Å². The number of likely N-dealkylation sites (N-methyl/N-ethyl adjacent to an activating group) is 1. The summed E-state index contributed by atoms with van der Waals surface area (Å²) in [5.41, 5.74) is 5.14. The number of pyridine rings is 1. The largest absolute Gasteiger partial charge is 0.369 e. The molecule has 31 heavy (non-hydrogen) atoms. The van der Waals surface area contributed by atoms with Crippen LogP contribution in [0.4, 0.5) is 21.7 Å². The molecule has 0 bridgehead atoms. The molecular formula is C23H24FN7. The molecule has 1 aromatic carbocycles. The molecule has 7 nitrogen and oxygen atoms in total. The van der Waals surface area contributed by atoms with Crippen LogP contribution in [0.2, 0.25) is 0 Å². The zero-order valence-corrected chi connectivity index (χ0v) is 17.6. The van der Waals surface area contributed by atoms with Gasteiger partial charge < -0.3 is 15.1 Å². The first-order chi connectivity index (χ1) is 15.1. The zero-order chi connectivity index (χ0) is 21.4. The molecule has 0 aliphatic carbocycles. The molecule has 0 atom stereocenters. The van der Waals surface area contributed by atoms with E-state index in [0.717, 1.165) is 48.6 Å². The van der Waals surface area contributed by atoms with Gasteiger partial charge in [0.1, 0.15) is 0 Å². The van der Waals surface area contributed by atoms with E-state index >= 15 is 0 Å². The molecule has 0 spiro atoms. The van der Waals surface area contributed by atoms with Gasteiger partial charge in [0.2, 0.25) is 11.9 Å². The molecule has 0 unspecified atom stereocenters. The van der Waals surface area contributed by atoms with E-state index in [1.54, 1.807) is 23.7 Å². The van der Waals surface area contributed by atoms with Gasteiger partial charge in [-0.3, -0.25) is 0 Å². The molecule has 0 radical (unpaired) electrons. The highest BCUT2D eigenvalue weighted by Gasteiger charge is 2.14. The van der Waals surface area contributed by atoms with Crippen LogP contribution < -0.4 is 10.2 Å². The smallest absolute Gasteiger partial charge is 0.245 e. The molecule has 1 fully saturated rings. The van der Waals surface area contributed by atoms with Crippen LogP contribution in [0.25, 0.3) is 16.8 Å². The zero-order valence-electron chi connectivity index (χ0n) is 17.6. The number of piperazine rings is 1. The molecule has 8 heteroatoms. The fourth-order valence-corrected chi connectivity index (χ4v) is 3.83. The van der Waals surface area contributed by atoms with Crippen molar-refractivity contribution in [3.05, 3.63) is 66.4 Å². The number of rotatable bonds is 4. The van der Waals surface area contributed by atoms with Crippen molar-refractivity contribution in [3.8, 4) is 11.3 Å². The summed E-state index contributed by atoms with van der Waals surface area (Å²) in [6, 6.07) is 14.0. The number of aromatic nitrogens is 4. The Morgan fingerprint density at radius 3 is 2.45 bits per heavy atom. The van der Waals surface area contributed by atoms with Gasteiger partial charge in [-0.25, -0.2) is 14.5 Å². The van der Waals surface area contributed by atoms with Gasteiger partial charge in [0.05, 0.1) is 17.4 Å². The minimum atomic E-state index is -0.457. The number of nitrogens with zero attached hydrogens (tertiary/aromatic N) is 6. The molecule has 1 saturated heterocycles. The van der Waals surface area contributed by atoms with Crippen LogP contribution >= 0.6 is 0 Å². The van der Waals surface area contributed by atoms with Crippen LogP contribution in [0.1, 0.15) is 5.56 Å². The molecular weight excluding hydrogens is 393 g/mol. The van der Waals surface area contributed by atoms with Gasteiger partial charge in [-0.05, 0) is 56.4 Å². The second-order valence-corrected chi connectivity index (χ2v) is 7.93. The molecule has 158 valence electrons. The third-order valence-corrected chi connectivity index (χ3v) is 5.70. The average Bonchev–Trinajstić information content (AvgIpc) is 3.20. The summed E-state index contributed by atoms with van der Waals surface area (Å²) in [7, 11) is 2.16. The predicted octanol–water partition coefficient (Wildman–Crippen LogP) is 3.73. The van der Waals surface area contributed by atoms with Crippen molar-refractivity contribution < 1.29 is 4.39 Å². The number of benzene rings is 1. The summed E-state index contributed by atoms with van der Waals surface area (Å²) in [6.07, 6.45) is 3.29. The Labute approximate surface area is 180 Å². The van der Waals surface area contributed by atoms with Gasteiger partial charge in [-0.15, -0.1) is 5.10 Å². The van der Waals surface area contributed by atoms with Crippen molar-refractivity contribution in [2.24, 2.45) is 0 Å². The Balaban J connectivity index is 1.37. The lowest BCUT2D eigenvalue weighted by Gasteiger charge is -2.34. The third kappa shape index (κ3) is 3.94. The SMILES string of the molecule is Cc1cc(-c2ccc3cnc(Nc4ccc(N5CCN(C)CC5)cc4)nn23)cnc1F. The van der Waals surface area contributed by atoms with Crippen molar-refractivity contribution in [2.75, 3.05) is 43.4 Å². The van der Waals surface area contributed by atoms with E-state index < -0.39 is 5.95 Å². The summed E-state index contributed by atoms with van der Waals surface area (Å²) in [4.78, 5) is 13.0. The maximum absolute atomic E-state index is 13.6. The van der Waals surface area contributed by atoms with Crippen LogP contribution in [-0.2, 0) is 0 Å². The summed E-state index contributed by atoms with van der Waals surface area (Å²) in [5.74, 6) is 0.0331. The van der Waals surface area contributed by atoms with E-state index in [0.29, 0.717) is 11.5 Å². The van der Waals surface area contributed by atoms with E-state index in [1.807, 2.05) is 24.3 Å². The number of hydrogen-bond donors (Lipinski definition) is 1. The Bertz CT molecular complexity index is 1210. The highest BCUT2D eigenvalue weighted by atomic mass is 19.1. The monoisotopic (exact) mass is 417 g/mol. The molecule has 4 heterocycles. The maximum atomic E-state index is 13.6. The van der Waals surface area contributed by atoms with E-state index in [1.165, 1.54) is 11.9 Å². The van der Waals surface area contributed by atoms with Crippen LogP contribution in [0.5, 0.6) is 0 Å². The minimum Gasteiger partial charge on any atom is -0.369 e. The molecule has 3 aromatic heterocycles. The van der Waals surface area contributed by atoms with E-state index in [4.69, 9.17) is 0 Å². The highest BCUT2D eigenvalue weighted by molar-refractivity contribution is 5.67. The lowest BCUT2D eigenvalue weighted by molar-refractivity contribution is 0.313. The van der Waals surface area contributed by atoms with Crippen molar-refractivity contribution in [2.45, 2.75) is 6.92 Å². The van der Waals surface area contributed by atoms with Crippen molar-refractivity contribution in [3.63, 3.8) is 0 Å². The lowest BCUT2D eigenvalue weighted by atomic mass is 10.1. The predicted molar refractivity (Wildman–Crippen MR) is 120 cm³/mol. The van der Waals surface area contributed by atoms with Gasteiger partial charge >= 0.3 is 0 Å².